The molecule has 1 heterocycles. The van der Waals surface area contributed by atoms with E-state index in [1.54, 1.807) is 13.3 Å². The number of guanidine groups is 1. The number of aromatic nitrogens is 2. The maximum Gasteiger partial charge on any atom is 0.191 e. The van der Waals surface area contributed by atoms with Gasteiger partial charge in [0.1, 0.15) is 5.75 Å². The van der Waals surface area contributed by atoms with Crippen molar-refractivity contribution < 1.29 is 4.74 Å². The van der Waals surface area contributed by atoms with Crippen LogP contribution in [0.25, 0.3) is 0 Å². The number of aliphatic imine (C=N–C) groups is 1. The molecule has 1 aromatic heterocycles. The Labute approximate surface area is 154 Å². The summed E-state index contributed by atoms with van der Waals surface area (Å²) in [4.78, 5) is 8.61. The molecular weight excluding hydrogens is 405 g/mol. The second kappa shape index (κ2) is 10.9. The fraction of sp³-hybridized carbons (Fsp3) is 0.375. The Morgan fingerprint density at radius 3 is 2.65 bits per heavy atom. The highest BCUT2D eigenvalue weighted by molar-refractivity contribution is 14.0. The number of imidazole rings is 1. The molecule has 0 atom stereocenters. The lowest BCUT2D eigenvalue weighted by Gasteiger charge is -2.11. The van der Waals surface area contributed by atoms with Gasteiger partial charge in [-0.1, -0.05) is 12.1 Å². The third-order valence-corrected chi connectivity index (χ3v) is 3.14. The maximum absolute atomic E-state index is 5.15. The zero-order chi connectivity index (χ0) is 15.6. The molecule has 6 nitrogen and oxygen atoms in total. The maximum atomic E-state index is 5.15. The van der Waals surface area contributed by atoms with Crippen molar-refractivity contribution in [2.75, 3.05) is 20.2 Å². The third kappa shape index (κ3) is 6.89. The minimum absolute atomic E-state index is 0. The standard InChI is InChI=1S/C16H23N5O.HI/c1-3-18-16(19-9-11-21-10-8-17-13-21)20-12-14-4-6-15(22-2)7-5-14;/h4-8,10,13H,3,9,11-12H2,1-2H3,(H2,18,19,20);1H. The van der Waals surface area contributed by atoms with E-state index in [2.05, 4.69) is 27.5 Å². The normalized spacial score (nSPS) is 10.8. The van der Waals surface area contributed by atoms with E-state index in [0.29, 0.717) is 6.54 Å². The van der Waals surface area contributed by atoms with Crippen molar-refractivity contribution in [1.82, 2.24) is 20.2 Å². The van der Waals surface area contributed by atoms with E-state index in [0.717, 1.165) is 36.9 Å². The Morgan fingerprint density at radius 1 is 1.26 bits per heavy atom. The molecule has 2 N–H and O–H groups in total. The zero-order valence-corrected chi connectivity index (χ0v) is 15.9. The summed E-state index contributed by atoms with van der Waals surface area (Å²) in [7, 11) is 1.67. The van der Waals surface area contributed by atoms with Crippen LogP contribution in [0.5, 0.6) is 5.75 Å². The lowest BCUT2D eigenvalue weighted by atomic mass is 10.2. The molecule has 23 heavy (non-hydrogen) atoms. The number of nitrogens with zero attached hydrogens (tertiary/aromatic N) is 3. The summed E-state index contributed by atoms with van der Waals surface area (Å²) in [5.74, 6) is 1.68. The van der Waals surface area contributed by atoms with Crippen molar-refractivity contribution in [3.63, 3.8) is 0 Å². The first-order valence-corrected chi connectivity index (χ1v) is 7.42. The van der Waals surface area contributed by atoms with Crippen LogP contribution in [-0.2, 0) is 13.1 Å². The number of hydrogen-bond donors (Lipinski definition) is 2. The SMILES string of the molecule is CCNC(=NCc1ccc(OC)cc1)NCCn1ccnc1.I. The van der Waals surface area contributed by atoms with Gasteiger partial charge in [0.05, 0.1) is 20.0 Å². The molecule has 0 aliphatic rings. The predicted octanol–water partition coefficient (Wildman–Crippen LogP) is 2.27. The van der Waals surface area contributed by atoms with Gasteiger partial charge in [0.2, 0.25) is 0 Å². The minimum Gasteiger partial charge on any atom is -0.497 e. The molecule has 0 spiro atoms. The number of rotatable bonds is 7. The summed E-state index contributed by atoms with van der Waals surface area (Å²) >= 11 is 0. The summed E-state index contributed by atoms with van der Waals surface area (Å²) in [6.45, 7) is 5.17. The van der Waals surface area contributed by atoms with E-state index in [1.165, 1.54) is 0 Å². The molecule has 0 unspecified atom stereocenters. The highest BCUT2D eigenvalue weighted by Crippen LogP contribution is 2.11. The predicted molar refractivity (Wildman–Crippen MR) is 103 cm³/mol. The zero-order valence-electron chi connectivity index (χ0n) is 13.5. The number of ether oxygens (including phenoxy) is 1. The Morgan fingerprint density at radius 2 is 2.04 bits per heavy atom. The number of hydrogen-bond acceptors (Lipinski definition) is 3. The van der Waals surface area contributed by atoms with Gasteiger partial charge in [-0.3, -0.25) is 0 Å². The van der Waals surface area contributed by atoms with E-state index in [-0.39, 0.29) is 24.0 Å². The highest BCUT2D eigenvalue weighted by atomic mass is 127. The lowest BCUT2D eigenvalue weighted by molar-refractivity contribution is 0.414. The molecule has 0 saturated carbocycles. The van der Waals surface area contributed by atoms with Crippen molar-refractivity contribution >= 4 is 29.9 Å². The van der Waals surface area contributed by atoms with Gasteiger partial charge >= 0.3 is 0 Å². The Bertz CT molecular complexity index is 569. The van der Waals surface area contributed by atoms with Crippen molar-refractivity contribution in [2.24, 2.45) is 4.99 Å². The molecule has 7 heteroatoms. The molecule has 0 aliphatic heterocycles. The third-order valence-electron chi connectivity index (χ3n) is 3.14. The van der Waals surface area contributed by atoms with Gasteiger partial charge in [0.25, 0.3) is 0 Å². The molecular formula is C16H24IN5O. The van der Waals surface area contributed by atoms with Crippen molar-refractivity contribution in [1.29, 1.82) is 0 Å². The van der Waals surface area contributed by atoms with Gasteiger partial charge in [-0.25, -0.2) is 9.98 Å². The minimum atomic E-state index is 0. The second-order valence-electron chi connectivity index (χ2n) is 4.77. The molecule has 0 aliphatic carbocycles. The molecule has 2 rings (SSSR count). The first kappa shape index (κ1) is 19.3. The Balaban J connectivity index is 0.00000264. The summed E-state index contributed by atoms with van der Waals surface area (Å²) < 4.78 is 7.18. The average Bonchev–Trinajstić information content (AvgIpc) is 3.06. The van der Waals surface area contributed by atoms with Crippen LogP contribution in [0, 0.1) is 0 Å². The van der Waals surface area contributed by atoms with Gasteiger partial charge in [-0.2, -0.15) is 0 Å². The van der Waals surface area contributed by atoms with E-state index in [9.17, 15) is 0 Å². The molecule has 0 fully saturated rings. The summed E-state index contributed by atoms with van der Waals surface area (Å²) in [5.41, 5.74) is 1.15. The average molecular weight is 429 g/mol. The fourth-order valence-electron chi connectivity index (χ4n) is 1.97. The molecule has 0 bridgehead atoms. The Hall–Kier alpha value is -1.77. The summed E-state index contributed by atoms with van der Waals surface area (Å²) in [6, 6.07) is 7.95. The van der Waals surface area contributed by atoms with E-state index in [1.807, 2.05) is 41.4 Å². The quantitative estimate of drug-likeness (QED) is 0.403. The molecule has 0 amide bonds. The largest absolute Gasteiger partial charge is 0.497 e. The van der Waals surface area contributed by atoms with Gasteiger partial charge in [0.15, 0.2) is 5.96 Å². The van der Waals surface area contributed by atoms with Crippen LogP contribution < -0.4 is 15.4 Å². The first-order valence-electron chi connectivity index (χ1n) is 7.42. The van der Waals surface area contributed by atoms with Gasteiger partial charge in [-0.15, -0.1) is 24.0 Å². The monoisotopic (exact) mass is 429 g/mol. The van der Waals surface area contributed by atoms with Gasteiger partial charge in [-0.05, 0) is 24.6 Å². The molecule has 0 radical (unpaired) electrons. The summed E-state index contributed by atoms with van der Waals surface area (Å²) in [5, 5.41) is 6.56. The van der Waals surface area contributed by atoms with Crippen LogP contribution in [-0.4, -0.2) is 35.7 Å². The number of methoxy groups -OCH3 is 1. The smallest absolute Gasteiger partial charge is 0.191 e. The topological polar surface area (TPSA) is 63.5 Å². The van der Waals surface area contributed by atoms with E-state index >= 15 is 0 Å². The van der Waals surface area contributed by atoms with Crippen LogP contribution in [0.4, 0.5) is 0 Å². The van der Waals surface area contributed by atoms with Gasteiger partial charge < -0.3 is 19.9 Å². The molecule has 126 valence electrons. The van der Waals surface area contributed by atoms with Gasteiger partial charge in [0, 0.05) is 32.0 Å². The van der Waals surface area contributed by atoms with Crippen LogP contribution in [0.3, 0.4) is 0 Å². The van der Waals surface area contributed by atoms with E-state index in [4.69, 9.17) is 4.74 Å². The fourth-order valence-corrected chi connectivity index (χ4v) is 1.97. The van der Waals surface area contributed by atoms with Crippen molar-refractivity contribution in [2.45, 2.75) is 20.0 Å². The van der Waals surface area contributed by atoms with Crippen LogP contribution in [0.15, 0.2) is 48.0 Å². The van der Waals surface area contributed by atoms with Crippen molar-refractivity contribution in [3.8, 4) is 5.75 Å². The Kier molecular flexibility index (Phi) is 9.11. The number of halogens is 1. The highest BCUT2D eigenvalue weighted by Gasteiger charge is 1.98. The first-order chi connectivity index (χ1) is 10.8. The van der Waals surface area contributed by atoms with Crippen LogP contribution in [0.2, 0.25) is 0 Å². The van der Waals surface area contributed by atoms with E-state index < -0.39 is 0 Å². The van der Waals surface area contributed by atoms with Crippen LogP contribution in [0.1, 0.15) is 12.5 Å². The van der Waals surface area contributed by atoms with Crippen molar-refractivity contribution in [3.05, 3.63) is 48.5 Å². The molecule has 2 aromatic rings. The number of nitrogens with one attached hydrogen (secondary N) is 2. The lowest BCUT2D eigenvalue weighted by Crippen LogP contribution is -2.38. The molecule has 1 aromatic carbocycles. The number of benzene rings is 1. The molecule has 0 saturated heterocycles. The van der Waals surface area contributed by atoms with Crippen LogP contribution >= 0.6 is 24.0 Å². The summed E-state index contributed by atoms with van der Waals surface area (Å²) in [6.07, 6.45) is 5.54. The second-order valence-corrected chi connectivity index (χ2v) is 4.77.